The van der Waals surface area contributed by atoms with Crippen molar-refractivity contribution in [1.29, 1.82) is 0 Å². The Labute approximate surface area is 98.9 Å². The number of nitrogens with one attached hydrogen (secondary N) is 2. The zero-order chi connectivity index (χ0) is 12.3. The third-order valence-corrected chi connectivity index (χ3v) is 3.62. The van der Waals surface area contributed by atoms with Crippen LogP contribution in [0.2, 0.25) is 0 Å². The van der Waals surface area contributed by atoms with E-state index >= 15 is 0 Å². The first-order valence-corrected chi connectivity index (χ1v) is 6.39. The van der Waals surface area contributed by atoms with Crippen molar-refractivity contribution in [2.45, 2.75) is 11.4 Å². The summed E-state index contributed by atoms with van der Waals surface area (Å²) in [5.41, 5.74) is 6.72. The lowest BCUT2D eigenvalue weighted by atomic mass is 10.3. The van der Waals surface area contributed by atoms with E-state index < -0.39 is 10.0 Å². The molecular formula is C10H12N4O2S. The number of aromatic amines is 1. The van der Waals surface area contributed by atoms with E-state index in [1.54, 1.807) is 18.3 Å². The summed E-state index contributed by atoms with van der Waals surface area (Å²) in [5, 5.41) is 0. The number of nitrogens with two attached hydrogens (primary N) is 1. The minimum absolute atomic E-state index is 0.173. The van der Waals surface area contributed by atoms with E-state index in [4.69, 9.17) is 5.73 Å². The van der Waals surface area contributed by atoms with Gasteiger partial charge in [-0.25, -0.2) is 18.1 Å². The van der Waals surface area contributed by atoms with Crippen LogP contribution in [0, 0.1) is 0 Å². The summed E-state index contributed by atoms with van der Waals surface area (Å²) < 4.78 is 26.2. The number of benzene rings is 1. The van der Waals surface area contributed by atoms with Gasteiger partial charge >= 0.3 is 0 Å². The quantitative estimate of drug-likeness (QED) is 0.688. The van der Waals surface area contributed by atoms with E-state index in [0.717, 1.165) is 0 Å². The zero-order valence-corrected chi connectivity index (χ0v) is 9.74. The fourth-order valence-electron chi connectivity index (χ4n) is 1.28. The van der Waals surface area contributed by atoms with Crippen LogP contribution in [-0.4, -0.2) is 18.4 Å². The largest absolute Gasteiger partial charge is 0.399 e. The van der Waals surface area contributed by atoms with Crippen LogP contribution in [0.5, 0.6) is 0 Å². The first-order valence-electron chi connectivity index (χ1n) is 4.90. The second kappa shape index (κ2) is 4.56. The van der Waals surface area contributed by atoms with Crippen LogP contribution in [-0.2, 0) is 16.6 Å². The molecule has 2 rings (SSSR count). The Balaban J connectivity index is 2.11. The van der Waals surface area contributed by atoms with Crippen LogP contribution in [0.15, 0.2) is 41.7 Å². The van der Waals surface area contributed by atoms with Crippen molar-refractivity contribution < 1.29 is 8.42 Å². The van der Waals surface area contributed by atoms with Gasteiger partial charge in [-0.2, -0.15) is 0 Å². The molecule has 0 bridgehead atoms. The first kappa shape index (κ1) is 11.6. The van der Waals surface area contributed by atoms with Crippen LogP contribution < -0.4 is 10.5 Å². The monoisotopic (exact) mass is 252 g/mol. The average Bonchev–Trinajstić information content (AvgIpc) is 2.80. The number of hydrogen-bond acceptors (Lipinski definition) is 4. The average molecular weight is 252 g/mol. The Morgan fingerprint density at radius 2 is 2.00 bits per heavy atom. The van der Waals surface area contributed by atoms with Crippen molar-refractivity contribution >= 4 is 15.7 Å². The molecule has 1 aromatic carbocycles. The van der Waals surface area contributed by atoms with Gasteiger partial charge in [0.15, 0.2) is 0 Å². The Bertz CT molecular complexity index is 575. The Morgan fingerprint density at radius 3 is 2.59 bits per heavy atom. The second-order valence-electron chi connectivity index (χ2n) is 3.47. The van der Waals surface area contributed by atoms with E-state index in [9.17, 15) is 8.42 Å². The van der Waals surface area contributed by atoms with Gasteiger partial charge in [-0.15, -0.1) is 0 Å². The van der Waals surface area contributed by atoms with E-state index in [2.05, 4.69) is 14.7 Å². The topological polar surface area (TPSA) is 101 Å². The number of H-pyrrole nitrogens is 1. The van der Waals surface area contributed by atoms with Crippen molar-refractivity contribution in [3.63, 3.8) is 0 Å². The number of aromatic nitrogens is 2. The molecule has 0 spiro atoms. The van der Waals surface area contributed by atoms with Crippen LogP contribution in [0.3, 0.4) is 0 Å². The highest BCUT2D eigenvalue weighted by Crippen LogP contribution is 2.11. The lowest BCUT2D eigenvalue weighted by Crippen LogP contribution is -2.23. The lowest BCUT2D eigenvalue weighted by molar-refractivity contribution is 0.580. The van der Waals surface area contributed by atoms with E-state index in [1.165, 1.54) is 18.5 Å². The maximum absolute atomic E-state index is 11.9. The number of rotatable bonds is 4. The van der Waals surface area contributed by atoms with Gasteiger partial charge in [0, 0.05) is 17.6 Å². The normalized spacial score (nSPS) is 11.5. The third-order valence-electron chi connectivity index (χ3n) is 2.20. The molecule has 90 valence electrons. The summed E-state index contributed by atoms with van der Waals surface area (Å²) in [6.07, 6.45) is 3.05. The smallest absolute Gasteiger partial charge is 0.240 e. The van der Waals surface area contributed by atoms with Crippen molar-refractivity contribution in [1.82, 2.24) is 14.7 Å². The molecule has 6 nitrogen and oxygen atoms in total. The van der Waals surface area contributed by atoms with Crippen LogP contribution in [0.1, 0.15) is 5.69 Å². The number of imidazole rings is 1. The highest BCUT2D eigenvalue weighted by Gasteiger charge is 2.13. The molecular weight excluding hydrogens is 240 g/mol. The highest BCUT2D eigenvalue weighted by molar-refractivity contribution is 7.89. The summed E-state index contributed by atoms with van der Waals surface area (Å²) in [6.45, 7) is 0.173. The molecule has 7 heteroatoms. The molecule has 0 saturated carbocycles. The molecule has 4 N–H and O–H groups in total. The predicted octanol–water partition coefficient (Wildman–Crippen LogP) is 0.470. The van der Waals surface area contributed by atoms with Crippen molar-refractivity contribution in [2.24, 2.45) is 0 Å². The van der Waals surface area contributed by atoms with E-state index in [0.29, 0.717) is 11.4 Å². The minimum atomic E-state index is -3.51. The van der Waals surface area contributed by atoms with Crippen molar-refractivity contribution in [2.75, 3.05) is 5.73 Å². The maximum atomic E-state index is 11.9. The van der Waals surface area contributed by atoms with Gasteiger partial charge in [0.2, 0.25) is 10.0 Å². The summed E-state index contributed by atoms with van der Waals surface area (Å²) in [7, 11) is -3.51. The fraction of sp³-hybridized carbons (Fsp3) is 0.100. The lowest BCUT2D eigenvalue weighted by Gasteiger charge is -2.05. The van der Waals surface area contributed by atoms with Crippen LogP contribution in [0.25, 0.3) is 0 Å². The Hall–Kier alpha value is -1.86. The van der Waals surface area contributed by atoms with E-state index in [1.807, 2.05) is 0 Å². The van der Waals surface area contributed by atoms with Gasteiger partial charge in [0.1, 0.15) is 0 Å². The van der Waals surface area contributed by atoms with Gasteiger partial charge in [-0.3, -0.25) is 0 Å². The molecule has 0 unspecified atom stereocenters. The number of nitrogens with zero attached hydrogens (tertiary/aromatic N) is 1. The Kier molecular flexibility index (Phi) is 3.12. The fourth-order valence-corrected chi connectivity index (χ4v) is 2.29. The minimum Gasteiger partial charge on any atom is -0.399 e. The summed E-state index contributed by atoms with van der Waals surface area (Å²) in [4.78, 5) is 6.80. The number of anilines is 1. The molecule has 0 aliphatic heterocycles. The molecule has 0 amide bonds. The van der Waals surface area contributed by atoms with E-state index in [-0.39, 0.29) is 11.4 Å². The molecule has 0 atom stereocenters. The maximum Gasteiger partial charge on any atom is 0.240 e. The third kappa shape index (κ3) is 2.83. The second-order valence-corrected chi connectivity index (χ2v) is 5.24. The number of nitrogen functional groups attached to an aromatic ring is 1. The van der Waals surface area contributed by atoms with Gasteiger partial charge < -0.3 is 10.7 Å². The molecule has 1 heterocycles. The molecule has 17 heavy (non-hydrogen) atoms. The van der Waals surface area contributed by atoms with Crippen molar-refractivity contribution in [3.05, 3.63) is 42.5 Å². The summed E-state index contributed by atoms with van der Waals surface area (Å²) in [5.74, 6) is 0. The van der Waals surface area contributed by atoms with Crippen LogP contribution >= 0.6 is 0 Å². The zero-order valence-electron chi connectivity index (χ0n) is 8.92. The first-order chi connectivity index (χ1) is 8.08. The molecule has 0 fully saturated rings. The van der Waals surface area contributed by atoms with Crippen molar-refractivity contribution in [3.8, 4) is 0 Å². The molecule has 1 aromatic heterocycles. The standard InChI is InChI=1S/C10H12N4O2S/c11-8-1-3-10(4-2-8)17(15,16)14-6-9-5-12-7-13-9/h1-5,7,14H,6,11H2,(H,12,13). The summed E-state index contributed by atoms with van der Waals surface area (Å²) in [6, 6.07) is 6.02. The SMILES string of the molecule is Nc1ccc(S(=O)(=O)NCc2cnc[nH]2)cc1. The van der Waals surface area contributed by atoms with Gasteiger partial charge in [-0.1, -0.05) is 0 Å². The molecule has 0 radical (unpaired) electrons. The van der Waals surface area contributed by atoms with Gasteiger partial charge in [0.05, 0.1) is 17.8 Å². The summed E-state index contributed by atoms with van der Waals surface area (Å²) >= 11 is 0. The Morgan fingerprint density at radius 1 is 1.29 bits per heavy atom. The molecule has 0 saturated heterocycles. The van der Waals surface area contributed by atoms with Gasteiger partial charge in [0.25, 0.3) is 0 Å². The highest BCUT2D eigenvalue weighted by atomic mass is 32.2. The molecule has 0 aliphatic rings. The van der Waals surface area contributed by atoms with Crippen LogP contribution in [0.4, 0.5) is 5.69 Å². The number of hydrogen-bond donors (Lipinski definition) is 3. The molecule has 2 aromatic rings. The molecule has 0 aliphatic carbocycles. The number of sulfonamides is 1. The van der Waals surface area contributed by atoms with Gasteiger partial charge in [-0.05, 0) is 24.3 Å². The predicted molar refractivity (Wildman–Crippen MR) is 63.5 cm³/mol.